The molecule has 1 aliphatic rings. The second-order valence-electron chi connectivity index (χ2n) is 4.38. The van der Waals surface area contributed by atoms with Crippen molar-refractivity contribution >= 4 is 5.82 Å². The van der Waals surface area contributed by atoms with Crippen molar-refractivity contribution in [2.75, 3.05) is 37.6 Å². The molecule has 1 aromatic heterocycles. The van der Waals surface area contributed by atoms with Crippen molar-refractivity contribution in [3.63, 3.8) is 0 Å². The first-order chi connectivity index (χ1) is 8.35. The van der Waals surface area contributed by atoms with Gasteiger partial charge in [-0.3, -0.25) is 9.88 Å². The maximum atomic E-state index is 5.78. The maximum absolute atomic E-state index is 5.78. The smallest absolute Gasteiger partial charge is 0.147 e. The molecule has 0 amide bonds. The van der Waals surface area contributed by atoms with Crippen LogP contribution in [0.15, 0.2) is 18.6 Å². The first kappa shape index (κ1) is 12.3. The molecule has 1 saturated heterocycles. The molecule has 0 aromatic carbocycles. The fourth-order valence-corrected chi connectivity index (χ4v) is 2.34. The van der Waals surface area contributed by atoms with E-state index in [0.29, 0.717) is 6.04 Å². The maximum Gasteiger partial charge on any atom is 0.147 e. The van der Waals surface area contributed by atoms with Gasteiger partial charge in [-0.15, -0.1) is 0 Å². The minimum Gasteiger partial charge on any atom is -0.353 e. The van der Waals surface area contributed by atoms with E-state index in [9.17, 15) is 0 Å². The van der Waals surface area contributed by atoms with Crippen LogP contribution in [0.3, 0.4) is 0 Å². The molecule has 2 heterocycles. The topological polar surface area (TPSA) is 58.3 Å². The molecule has 0 radical (unpaired) electrons. The third-order valence-electron chi connectivity index (χ3n) is 3.45. The largest absolute Gasteiger partial charge is 0.353 e. The molecule has 1 atom stereocenters. The summed E-state index contributed by atoms with van der Waals surface area (Å²) in [5, 5.41) is 0. The molecule has 1 unspecified atom stereocenters. The number of rotatable bonds is 4. The van der Waals surface area contributed by atoms with E-state index in [1.54, 1.807) is 12.4 Å². The van der Waals surface area contributed by atoms with E-state index in [4.69, 9.17) is 5.73 Å². The van der Waals surface area contributed by atoms with Crippen LogP contribution < -0.4 is 10.6 Å². The van der Waals surface area contributed by atoms with Crippen LogP contribution in [0.5, 0.6) is 0 Å². The molecular formula is C12H21N5. The monoisotopic (exact) mass is 235 g/mol. The molecule has 0 aliphatic carbocycles. The van der Waals surface area contributed by atoms with Gasteiger partial charge < -0.3 is 10.6 Å². The highest BCUT2D eigenvalue weighted by molar-refractivity contribution is 5.35. The van der Waals surface area contributed by atoms with Crippen molar-refractivity contribution in [3.05, 3.63) is 18.6 Å². The van der Waals surface area contributed by atoms with Gasteiger partial charge in [0.2, 0.25) is 0 Å². The van der Waals surface area contributed by atoms with Crippen molar-refractivity contribution in [2.24, 2.45) is 5.73 Å². The number of hydrogen-bond acceptors (Lipinski definition) is 5. The Labute approximate surface area is 103 Å². The summed E-state index contributed by atoms with van der Waals surface area (Å²) in [5.74, 6) is 0.980. The molecule has 1 fully saturated rings. The zero-order valence-electron chi connectivity index (χ0n) is 10.4. The Morgan fingerprint density at radius 2 is 2.06 bits per heavy atom. The predicted molar refractivity (Wildman–Crippen MR) is 69.0 cm³/mol. The molecule has 0 saturated carbocycles. The quantitative estimate of drug-likeness (QED) is 0.815. The van der Waals surface area contributed by atoms with Crippen LogP contribution in [0, 0.1) is 0 Å². The first-order valence-electron chi connectivity index (χ1n) is 6.30. The Balaban J connectivity index is 1.90. The second kappa shape index (κ2) is 5.93. The van der Waals surface area contributed by atoms with Crippen LogP contribution in [0.4, 0.5) is 5.82 Å². The summed E-state index contributed by atoms with van der Waals surface area (Å²) >= 11 is 0. The summed E-state index contributed by atoms with van der Waals surface area (Å²) in [4.78, 5) is 13.2. The molecule has 17 heavy (non-hydrogen) atoms. The van der Waals surface area contributed by atoms with Gasteiger partial charge in [0.05, 0.1) is 6.20 Å². The van der Waals surface area contributed by atoms with Crippen LogP contribution in [0.2, 0.25) is 0 Å². The summed E-state index contributed by atoms with van der Waals surface area (Å²) in [5.41, 5.74) is 5.78. The molecule has 1 aromatic rings. The van der Waals surface area contributed by atoms with Gasteiger partial charge in [-0.2, -0.15) is 0 Å². The van der Waals surface area contributed by atoms with E-state index in [1.807, 2.05) is 6.20 Å². The summed E-state index contributed by atoms with van der Waals surface area (Å²) in [7, 11) is 0. The molecule has 94 valence electrons. The minimum absolute atomic E-state index is 0.527. The number of nitrogens with zero attached hydrogens (tertiary/aromatic N) is 4. The SMILES string of the molecule is CCC(CN)N1CCN(c2cnccn2)CC1. The minimum atomic E-state index is 0.527. The zero-order valence-corrected chi connectivity index (χ0v) is 10.4. The van der Waals surface area contributed by atoms with Gasteiger partial charge in [0.15, 0.2) is 0 Å². The molecule has 1 aliphatic heterocycles. The Bertz CT molecular complexity index is 317. The number of anilines is 1. The highest BCUT2D eigenvalue weighted by atomic mass is 15.3. The summed E-state index contributed by atoms with van der Waals surface area (Å²) in [6, 6.07) is 0.527. The predicted octanol–water partition coefficient (Wildman–Crippen LogP) is 0.336. The Hall–Kier alpha value is -1.20. The summed E-state index contributed by atoms with van der Waals surface area (Å²) in [6.07, 6.45) is 6.41. The summed E-state index contributed by atoms with van der Waals surface area (Å²) < 4.78 is 0. The lowest BCUT2D eigenvalue weighted by Gasteiger charge is -2.39. The van der Waals surface area contributed by atoms with Crippen molar-refractivity contribution in [2.45, 2.75) is 19.4 Å². The lowest BCUT2D eigenvalue weighted by Crippen LogP contribution is -2.52. The van der Waals surface area contributed by atoms with E-state index < -0.39 is 0 Å². The number of hydrogen-bond donors (Lipinski definition) is 1. The Morgan fingerprint density at radius 1 is 1.29 bits per heavy atom. The third kappa shape index (κ3) is 2.92. The van der Waals surface area contributed by atoms with E-state index in [-0.39, 0.29) is 0 Å². The highest BCUT2D eigenvalue weighted by Crippen LogP contribution is 2.13. The molecular weight excluding hydrogens is 214 g/mol. The van der Waals surface area contributed by atoms with Crippen molar-refractivity contribution in [1.29, 1.82) is 0 Å². The third-order valence-corrected chi connectivity index (χ3v) is 3.45. The van der Waals surface area contributed by atoms with E-state index in [1.165, 1.54) is 0 Å². The van der Waals surface area contributed by atoms with Crippen LogP contribution >= 0.6 is 0 Å². The molecule has 5 nitrogen and oxygen atoms in total. The van der Waals surface area contributed by atoms with Crippen LogP contribution in [0.25, 0.3) is 0 Å². The van der Waals surface area contributed by atoms with Crippen molar-refractivity contribution < 1.29 is 0 Å². The number of aromatic nitrogens is 2. The standard InChI is InChI=1S/C12H21N5/c1-2-11(9-13)16-5-7-17(8-6-16)12-10-14-3-4-15-12/h3-4,10-11H,2,5-9,13H2,1H3. The van der Waals surface area contributed by atoms with Crippen molar-refractivity contribution in [3.8, 4) is 0 Å². The van der Waals surface area contributed by atoms with Gasteiger partial charge in [-0.05, 0) is 6.42 Å². The normalized spacial score (nSPS) is 19.3. The van der Waals surface area contributed by atoms with Gasteiger partial charge in [0.1, 0.15) is 5.82 Å². The average molecular weight is 235 g/mol. The first-order valence-corrected chi connectivity index (χ1v) is 6.30. The highest BCUT2D eigenvalue weighted by Gasteiger charge is 2.22. The van der Waals surface area contributed by atoms with E-state index >= 15 is 0 Å². The van der Waals surface area contributed by atoms with Gasteiger partial charge >= 0.3 is 0 Å². The van der Waals surface area contributed by atoms with E-state index in [0.717, 1.165) is 45.0 Å². The van der Waals surface area contributed by atoms with E-state index in [2.05, 4.69) is 26.7 Å². The van der Waals surface area contributed by atoms with Gasteiger partial charge in [0.25, 0.3) is 0 Å². The lowest BCUT2D eigenvalue weighted by atomic mass is 10.1. The number of nitrogens with two attached hydrogens (primary N) is 1. The lowest BCUT2D eigenvalue weighted by molar-refractivity contribution is 0.184. The molecule has 0 bridgehead atoms. The fourth-order valence-electron chi connectivity index (χ4n) is 2.34. The van der Waals surface area contributed by atoms with Crippen LogP contribution in [-0.4, -0.2) is 53.6 Å². The number of piperazine rings is 1. The average Bonchev–Trinajstić information content (AvgIpc) is 2.42. The summed E-state index contributed by atoms with van der Waals surface area (Å²) in [6.45, 7) is 7.09. The fraction of sp³-hybridized carbons (Fsp3) is 0.667. The molecule has 0 spiro atoms. The zero-order chi connectivity index (χ0) is 12.1. The van der Waals surface area contributed by atoms with Crippen LogP contribution in [0.1, 0.15) is 13.3 Å². The molecule has 5 heteroatoms. The van der Waals surface area contributed by atoms with Crippen molar-refractivity contribution in [1.82, 2.24) is 14.9 Å². The van der Waals surface area contributed by atoms with Gasteiger partial charge in [-0.25, -0.2) is 4.98 Å². The van der Waals surface area contributed by atoms with Crippen LogP contribution in [-0.2, 0) is 0 Å². The Kier molecular flexibility index (Phi) is 4.28. The molecule has 2 rings (SSSR count). The molecule has 2 N–H and O–H groups in total. The van der Waals surface area contributed by atoms with Gasteiger partial charge in [-0.1, -0.05) is 6.92 Å². The Morgan fingerprint density at radius 3 is 2.59 bits per heavy atom. The van der Waals surface area contributed by atoms with Gasteiger partial charge in [0, 0.05) is 51.2 Å². The second-order valence-corrected chi connectivity index (χ2v) is 4.38.